The van der Waals surface area contributed by atoms with Crippen molar-refractivity contribution in [3.05, 3.63) is 0 Å². The number of carboxylic acids is 1. The Bertz CT molecular complexity index is 648. The molecule has 0 aromatic rings. The first kappa shape index (κ1) is 31.2. The fourth-order valence-electron chi connectivity index (χ4n) is 3.21. The van der Waals surface area contributed by atoms with Crippen molar-refractivity contribution in [3.8, 4) is 0 Å². The van der Waals surface area contributed by atoms with Gasteiger partial charge in [-0.3, -0.25) is 14.4 Å². The molecule has 0 aliphatic heterocycles. The van der Waals surface area contributed by atoms with Crippen LogP contribution in [0.1, 0.15) is 67.2 Å². The molecule has 0 aromatic heterocycles. The Labute approximate surface area is 202 Å². The fourth-order valence-corrected chi connectivity index (χ4v) is 3.70. The van der Waals surface area contributed by atoms with Crippen LogP contribution in [0.15, 0.2) is 0 Å². The van der Waals surface area contributed by atoms with Gasteiger partial charge in [-0.25, -0.2) is 4.79 Å². The second kappa shape index (κ2) is 15.9. The van der Waals surface area contributed by atoms with Crippen LogP contribution < -0.4 is 21.7 Å². The molecule has 0 aliphatic carbocycles. The Morgan fingerprint density at radius 1 is 0.758 bits per heavy atom. The Kier molecular flexibility index (Phi) is 15.1. The van der Waals surface area contributed by atoms with Gasteiger partial charge in [0.1, 0.15) is 18.1 Å². The highest BCUT2D eigenvalue weighted by atomic mass is 32.2. The van der Waals surface area contributed by atoms with Gasteiger partial charge >= 0.3 is 5.97 Å². The summed E-state index contributed by atoms with van der Waals surface area (Å²) in [5.74, 6) is -2.51. The van der Waals surface area contributed by atoms with Gasteiger partial charge in [-0.05, 0) is 36.2 Å². The summed E-state index contributed by atoms with van der Waals surface area (Å²) in [5.41, 5.74) is 5.96. The van der Waals surface area contributed by atoms with Crippen LogP contribution in [-0.2, 0) is 19.2 Å². The van der Waals surface area contributed by atoms with Crippen LogP contribution in [0.4, 0.5) is 0 Å². The van der Waals surface area contributed by atoms with E-state index in [1.54, 1.807) is 18.7 Å². The van der Waals surface area contributed by atoms with Gasteiger partial charge in [-0.1, -0.05) is 60.8 Å². The van der Waals surface area contributed by atoms with E-state index in [1.807, 2.05) is 40.9 Å². The minimum atomic E-state index is -1.11. The lowest BCUT2D eigenvalue weighted by molar-refractivity contribution is -0.144. The summed E-state index contributed by atoms with van der Waals surface area (Å²) in [7, 11) is 0. The quantitative estimate of drug-likeness (QED) is 0.222. The maximum Gasteiger partial charge on any atom is 0.326 e. The van der Waals surface area contributed by atoms with E-state index in [-0.39, 0.29) is 17.8 Å². The number of amides is 3. The van der Waals surface area contributed by atoms with Crippen LogP contribution >= 0.6 is 11.8 Å². The van der Waals surface area contributed by atoms with Crippen LogP contribution in [0.3, 0.4) is 0 Å². The van der Waals surface area contributed by atoms with Crippen molar-refractivity contribution in [1.82, 2.24) is 16.0 Å². The number of carbonyl (C=O) groups excluding carboxylic acids is 3. The molecule has 0 spiro atoms. The SMILES string of the molecule is CC[C@H](C)[C@H](NC(=O)[C@@H](NC(=O)[C@@H](NC(=O)[C@@H](N)CCSC)[C@@H](C)CC)[C@@H](C)CC)C(=O)O. The van der Waals surface area contributed by atoms with Crippen molar-refractivity contribution < 1.29 is 24.3 Å². The molecule has 0 bridgehead atoms. The molecule has 0 saturated heterocycles. The average Bonchev–Trinajstić information content (AvgIpc) is 2.80. The summed E-state index contributed by atoms with van der Waals surface area (Å²) in [6.07, 6.45) is 4.23. The number of aliphatic carboxylic acids is 1. The predicted octanol–water partition coefficient (Wildman–Crippen LogP) is 1.74. The molecule has 0 rings (SSSR count). The van der Waals surface area contributed by atoms with E-state index in [0.717, 1.165) is 5.75 Å². The van der Waals surface area contributed by atoms with Gasteiger partial charge in [-0.2, -0.15) is 11.8 Å². The van der Waals surface area contributed by atoms with E-state index in [2.05, 4.69) is 16.0 Å². The van der Waals surface area contributed by atoms with E-state index in [9.17, 15) is 24.3 Å². The van der Waals surface area contributed by atoms with Crippen molar-refractivity contribution in [2.45, 2.75) is 91.4 Å². The first-order valence-electron chi connectivity index (χ1n) is 11.8. The normalized spacial score (nSPS) is 17.6. The van der Waals surface area contributed by atoms with Gasteiger partial charge in [0, 0.05) is 0 Å². The second-order valence-electron chi connectivity index (χ2n) is 8.84. The van der Waals surface area contributed by atoms with Gasteiger partial charge in [0.25, 0.3) is 0 Å². The number of carbonyl (C=O) groups is 4. The van der Waals surface area contributed by atoms with E-state index in [1.165, 1.54) is 0 Å². The first-order valence-corrected chi connectivity index (χ1v) is 13.2. The molecule has 192 valence electrons. The summed E-state index contributed by atoms with van der Waals surface area (Å²) in [6.45, 7) is 11.1. The molecule has 0 heterocycles. The summed E-state index contributed by atoms with van der Waals surface area (Å²) < 4.78 is 0. The van der Waals surface area contributed by atoms with Gasteiger partial charge < -0.3 is 26.8 Å². The zero-order valence-electron chi connectivity index (χ0n) is 21.1. The van der Waals surface area contributed by atoms with E-state index < -0.39 is 47.9 Å². The second-order valence-corrected chi connectivity index (χ2v) is 9.83. The maximum atomic E-state index is 13.2. The van der Waals surface area contributed by atoms with Crippen LogP contribution in [0, 0.1) is 17.8 Å². The van der Waals surface area contributed by atoms with Crippen LogP contribution in [0.25, 0.3) is 0 Å². The average molecular weight is 489 g/mol. The highest BCUT2D eigenvalue weighted by Crippen LogP contribution is 2.14. The molecule has 0 aromatic carbocycles. The number of hydrogen-bond donors (Lipinski definition) is 5. The summed E-state index contributed by atoms with van der Waals surface area (Å²) in [4.78, 5) is 50.4. The van der Waals surface area contributed by atoms with Gasteiger partial charge in [-0.15, -0.1) is 0 Å². The predicted molar refractivity (Wildman–Crippen MR) is 133 cm³/mol. The summed E-state index contributed by atoms with van der Waals surface area (Å²) in [6, 6.07) is -3.56. The number of nitrogens with one attached hydrogen (secondary N) is 3. The van der Waals surface area contributed by atoms with Crippen molar-refractivity contribution in [2.24, 2.45) is 23.5 Å². The molecule has 0 fully saturated rings. The maximum absolute atomic E-state index is 13.2. The topological polar surface area (TPSA) is 151 Å². The minimum Gasteiger partial charge on any atom is -0.480 e. The Hall–Kier alpha value is -1.81. The van der Waals surface area contributed by atoms with Crippen LogP contribution in [-0.4, -0.2) is 65.0 Å². The fraction of sp³-hybridized carbons (Fsp3) is 0.826. The zero-order valence-corrected chi connectivity index (χ0v) is 22.0. The molecule has 3 amide bonds. The largest absolute Gasteiger partial charge is 0.480 e. The molecule has 0 radical (unpaired) electrons. The Balaban J connectivity index is 5.60. The van der Waals surface area contributed by atoms with Crippen molar-refractivity contribution in [2.75, 3.05) is 12.0 Å². The smallest absolute Gasteiger partial charge is 0.326 e. The van der Waals surface area contributed by atoms with E-state index >= 15 is 0 Å². The molecular formula is C23H44N4O5S. The number of carboxylic acid groups (broad SMARTS) is 1. The third-order valence-corrected chi connectivity index (χ3v) is 6.98. The van der Waals surface area contributed by atoms with Crippen molar-refractivity contribution in [1.29, 1.82) is 0 Å². The van der Waals surface area contributed by atoms with Gasteiger partial charge in [0.05, 0.1) is 6.04 Å². The lowest BCUT2D eigenvalue weighted by atomic mass is 9.93. The Morgan fingerprint density at radius 3 is 1.48 bits per heavy atom. The number of rotatable bonds is 16. The lowest BCUT2D eigenvalue weighted by Crippen LogP contribution is -2.60. The molecule has 0 aliphatic rings. The first-order chi connectivity index (χ1) is 15.4. The highest BCUT2D eigenvalue weighted by molar-refractivity contribution is 7.98. The molecule has 6 N–H and O–H groups in total. The van der Waals surface area contributed by atoms with Crippen molar-refractivity contribution in [3.63, 3.8) is 0 Å². The third-order valence-electron chi connectivity index (χ3n) is 6.33. The lowest BCUT2D eigenvalue weighted by Gasteiger charge is -2.30. The standard InChI is InChI=1S/C23H44N4O5S/c1-8-13(4)17(25-20(28)16(24)11-12-33-7)21(29)26-18(14(5)9-2)22(30)27-19(23(31)32)15(6)10-3/h13-19H,8-12,24H2,1-7H3,(H,25,28)(H,26,29)(H,27,30)(H,31,32)/t13-,14-,15-,16-,17-,18-,19-/m0/s1. The number of nitrogens with two attached hydrogens (primary N) is 1. The molecule has 7 atom stereocenters. The molecule has 33 heavy (non-hydrogen) atoms. The van der Waals surface area contributed by atoms with Gasteiger partial charge in [0.2, 0.25) is 17.7 Å². The monoisotopic (exact) mass is 488 g/mol. The number of thioether (sulfide) groups is 1. The molecule has 9 nitrogen and oxygen atoms in total. The molecule has 0 unspecified atom stereocenters. The Morgan fingerprint density at radius 2 is 1.12 bits per heavy atom. The molecule has 0 saturated carbocycles. The molecule has 10 heteroatoms. The highest BCUT2D eigenvalue weighted by Gasteiger charge is 2.35. The van der Waals surface area contributed by atoms with E-state index in [4.69, 9.17) is 5.73 Å². The van der Waals surface area contributed by atoms with Crippen molar-refractivity contribution >= 4 is 35.5 Å². The number of hydrogen-bond acceptors (Lipinski definition) is 6. The van der Waals surface area contributed by atoms with Gasteiger partial charge in [0.15, 0.2) is 0 Å². The molecular weight excluding hydrogens is 444 g/mol. The van der Waals surface area contributed by atoms with Crippen LogP contribution in [0.5, 0.6) is 0 Å². The van der Waals surface area contributed by atoms with Crippen LogP contribution in [0.2, 0.25) is 0 Å². The summed E-state index contributed by atoms with van der Waals surface area (Å²) in [5, 5.41) is 17.6. The minimum absolute atomic E-state index is 0.186. The summed E-state index contributed by atoms with van der Waals surface area (Å²) >= 11 is 1.59. The third kappa shape index (κ3) is 10.3. The zero-order chi connectivity index (χ0) is 25.7. The van der Waals surface area contributed by atoms with E-state index in [0.29, 0.717) is 25.7 Å².